The number of benzene rings is 2. The maximum atomic E-state index is 2.37. The lowest BCUT2D eigenvalue weighted by Gasteiger charge is -2.01. The van der Waals surface area contributed by atoms with Gasteiger partial charge in [-0.1, -0.05) is 76.9 Å². The van der Waals surface area contributed by atoms with Crippen LogP contribution in [0.3, 0.4) is 0 Å². The van der Waals surface area contributed by atoms with Gasteiger partial charge in [-0.05, 0) is 19.1 Å². The Morgan fingerprint density at radius 1 is 0.619 bits per heavy atom. The van der Waals surface area contributed by atoms with Crippen LogP contribution in [-0.2, 0) is 6.54 Å². The third kappa shape index (κ3) is 4.10. The van der Waals surface area contributed by atoms with Crippen LogP contribution in [0.5, 0.6) is 0 Å². The molecule has 0 aliphatic carbocycles. The van der Waals surface area contributed by atoms with Gasteiger partial charge in [-0.15, -0.1) is 0 Å². The highest BCUT2D eigenvalue weighted by Crippen LogP contribution is 2.28. The summed E-state index contributed by atoms with van der Waals surface area (Å²) in [7, 11) is 0. The smallest absolute Gasteiger partial charge is 0.0491 e. The van der Waals surface area contributed by atoms with E-state index in [-0.39, 0.29) is 0 Å². The molecule has 1 nitrogen and oxygen atoms in total. The molecule has 1 aromatic heterocycles. The molecule has 0 N–H and O–H groups in total. The van der Waals surface area contributed by atoms with Crippen LogP contribution in [0.15, 0.2) is 48.5 Å². The number of nitrogens with zero attached hydrogens (tertiary/aromatic N) is 1. The monoisotopic (exact) mass is 283 g/mol. The third-order valence-electron chi connectivity index (χ3n) is 3.00. The van der Waals surface area contributed by atoms with E-state index in [1.54, 1.807) is 0 Å². The molecule has 3 aromatic rings. The maximum Gasteiger partial charge on any atom is 0.0491 e. The minimum absolute atomic E-state index is 1.02. The van der Waals surface area contributed by atoms with E-state index in [1.807, 2.05) is 0 Å². The molecule has 1 heteroatoms. The van der Waals surface area contributed by atoms with Crippen molar-refractivity contribution in [2.24, 2.45) is 0 Å². The van der Waals surface area contributed by atoms with E-state index in [0.29, 0.717) is 0 Å². The molecule has 21 heavy (non-hydrogen) atoms. The van der Waals surface area contributed by atoms with Crippen LogP contribution in [0.2, 0.25) is 0 Å². The van der Waals surface area contributed by atoms with Crippen LogP contribution in [0.1, 0.15) is 47.5 Å². The average molecular weight is 283 g/mol. The number of aryl methyl sites for hydroxylation is 1. The largest absolute Gasteiger partial charge is 0.341 e. The van der Waals surface area contributed by atoms with E-state index in [1.165, 1.54) is 34.6 Å². The standard InChI is InChI=1S/C14H13N.2C3H8/c1-2-15-13-9-5-3-7-11(13)12-8-4-6-10-14(12)15;2*1-3-2/h3-10H,2H2,1H3;2*3H2,1-2H3. The Hall–Kier alpha value is -1.76. The SMILES string of the molecule is CCC.CCC.CCn1c2ccccc2c2ccccc21. The minimum atomic E-state index is 1.02. The van der Waals surface area contributed by atoms with Gasteiger partial charge < -0.3 is 4.57 Å². The molecule has 0 radical (unpaired) electrons. The van der Waals surface area contributed by atoms with E-state index in [4.69, 9.17) is 0 Å². The van der Waals surface area contributed by atoms with Gasteiger partial charge in [-0.25, -0.2) is 0 Å². The highest BCUT2D eigenvalue weighted by Gasteiger charge is 2.06. The Kier molecular flexibility index (Phi) is 7.60. The predicted octanol–water partition coefficient (Wildman–Crippen LogP) is 6.65. The van der Waals surface area contributed by atoms with Gasteiger partial charge in [0.2, 0.25) is 0 Å². The molecule has 3 rings (SSSR count). The van der Waals surface area contributed by atoms with E-state index < -0.39 is 0 Å². The van der Waals surface area contributed by atoms with Gasteiger partial charge >= 0.3 is 0 Å². The summed E-state index contributed by atoms with van der Waals surface area (Å²) in [5, 5.41) is 2.71. The first-order chi connectivity index (χ1) is 10.2. The van der Waals surface area contributed by atoms with Gasteiger partial charge in [0.1, 0.15) is 0 Å². The van der Waals surface area contributed by atoms with Crippen molar-refractivity contribution in [3.05, 3.63) is 48.5 Å². The van der Waals surface area contributed by atoms with E-state index in [0.717, 1.165) is 6.54 Å². The molecule has 0 aliphatic rings. The number of hydrogen-bond donors (Lipinski definition) is 0. The van der Waals surface area contributed by atoms with Crippen LogP contribution in [0.4, 0.5) is 0 Å². The van der Waals surface area contributed by atoms with Crippen molar-refractivity contribution in [2.45, 2.75) is 54.0 Å². The second-order valence-electron chi connectivity index (χ2n) is 5.19. The van der Waals surface area contributed by atoms with Crippen molar-refractivity contribution in [3.8, 4) is 0 Å². The lowest BCUT2D eigenvalue weighted by molar-refractivity contribution is 0.827. The van der Waals surface area contributed by atoms with Gasteiger partial charge in [-0.2, -0.15) is 0 Å². The highest BCUT2D eigenvalue weighted by atomic mass is 15.0. The molecule has 0 atom stereocenters. The molecule has 0 bridgehead atoms. The van der Waals surface area contributed by atoms with Crippen LogP contribution >= 0.6 is 0 Å². The van der Waals surface area contributed by atoms with Crippen molar-refractivity contribution in [1.29, 1.82) is 0 Å². The summed E-state index contributed by atoms with van der Waals surface area (Å²) in [4.78, 5) is 0. The van der Waals surface area contributed by atoms with Crippen molar-refractivity contribution < 1.29 is 0 Å². The molecule has 0 unspecified atom stereocenters. The van der Waals surface area contributed by atoms with Crippen molar-refractivity contribution in [1.82, 2.24) is 4.57 Å². The van der Waals surface area contributed by atoms with Crippen LogP contribution in [-0.4, -0.2) is 4.57 Å². The molecular formula is C20H29N. The molecule has 0 amide bonds. The normalized spacial score (nSPS) is 9.76. The Labute approximate surface area is 129 Å². The fraction of sp³-hybridized carbons (Fsp3) is 0.400. The molecular weight excluding hydrogens is 254 g/mol. The maximum absolute atomic E-state index is 2.37. The van der Waals surface area contributed by atoms with E-state index >= 15 is 0 Å². The van der Waals surface area contributed by atoms with Gasteiger partial charge in [0.05, 0.1) is 0 Å². The first-order valence-corrected chi connectivity index (χ1v) is 8.20. The van der Waals surface area contributed by atoms with Crippen LogP contribution in [0, 0.1) is 0 Å². The Balaban J connectivity index is 0.000000321. The fourth-order valence-electron chi connectivity index (χ4n) is 2.34. The predicted molar refractivity (Wildman–Crippen MR) is 97.0 cm³/mol. The van der Waals surface area contributed by atoms with Gasteiger partial charge in [0.25, 0.3) is 0 Å². The number of para-hydroxylation sites is 2. The van der Waals surface area contributed by atoms with Gasteiger partial charge in [0, 0.05) is 28.4 Å². The number of aromatic nitrogens is 1. The van der Waals surface area contributed by atoms with Gasteiger partial charge in [0.15, 0.2) is 0 Å². The Bertz CT molecular complexity index is 594. The van der Waals surface area contributed by atoms with Gasteiger partial charge in [-0.3, -0.25) is 0 Å². The molecule has 0 aliphatic heterocycles. The molecule has 114 valence electrons. The Morgan fingerprint density at radius 2 is 0.952 bits per heavy atom. The zero-order chi connectivity index (χ0) is 15.7. The van der Waals surface area contributed by atoms with Crippen LogP contribution < -0.4 is 0 Å². The molecule has 1 heterocycles. The first-order valence-electron chi connectivity index (χ1n) is 8.20. The second kappa shape index (κ2) is 9.23. The lowest BCUT2D eigenvalue weighted by atomic mass is 10.2. The average Bonchev–Trinajstić information content (AvgIpc) is 2.83. The third-order valence-corrected chi connectivity index (χ3v) is 3.00. The lowest BCUT2D eigenvalue weighted by Crippen LogP contribution is -1.91. The molecule has 0 saturated carbocycles. The van der Waals surface area contributed by atoms with Crippen molar-refractivity contribution >= 4 is 21.8 Å². The Morgan fingerprint density at radius 3 is 1.29 bits per heavy atom. The summed E-state index contributed by atoms with van der Waals surface area (Å²) < 4.78 is 2.37. The zero-order valence-corrected chi connectivity index (χ0v) is 14.2. The summed E-state index contributed by atoms with van der Waals surface area (Å²) in [5.41, 5.74) is 2.67. The number of fused-ring (bicyclic) bond motifs is 3. The first kappa shape index (κ1) is 17.3. The zero-order valence-electron chi connectivity index (χ0n) is 14.2. The summed E-state index contributed by atoms with van der Waals surface area (Å²) in [6.07, 6.45) is 2.50. The summed E-state index contributed by atoms with van der Waals surface area (Å²) in [5.74, 6) is 0. The van der Waals surface area contributed by atoms with E-state index in [9.17, 15) is 0 Å². The van der Waals surface area contributed by atoms with Crippen molar-refractivity contribution in [3.63, 3.8) is 0 Å². The highest BCUT2D eigenvalue weighted by molar-refractivity contribution is 6.07. The number of rotatable bonds is 1. The summed E-state index contributed by atoms with van der Waals surface area (Å²) >= 11 is 0. The molecule has 2 aromatic carbocycles. The van der Waals surface area contributed by atoms with E-state index in [2.05, 4.69) is 87.7 Å². The number of hydrogen-bond acceptors (Lipinski definition) is 0. The quantitative estimate of drug-likeness (QED) is 0.471. The second-order valence-corrected chi connectivity index (χ2v) is 5.19. The topological polar surface area (TPSA) is 4.93 Å². The van der Waals surface area contributed by atoms with Crippen molar-refractivity contribution in [2.75, 3.05) is 0 Å². The summed E-state index contributed by atoms with van der Waals surface area (Å²) in [6.45, 7) is 11.7. The summed E-state index contributed by atoms with van der Waals surface area (Å²) in [6, 6.07) is 17.2. The molecule has 0 fully saturated rings. The minimum Gasteiger partial charge on any atom is -0.341 e. The molecule has 0 spiro atoms. The fourth-order valence-corrected chi connectivity index (χ4v) is 2.34. The molecule has 0 saturated heterocycles. The van der Waals surface area contributed by atoms with Crippen LogP contribution in [0.25, 0.3) is 21.8 Å².